The molecule has 6 heteroatoms. The Morgan fingerprint density at radius 3 is 2.63 bits per heavy atom. The van der Waals surface area contributed by atoms with Gasteiger partial charge in [0.25, 0.3) is 0 Å². The fourth-order valence-corrected chi connectivity index (χ4v) is 4.13. The van der Waals surface area contributed by atoms with Crippen LogP contribution in [0.15, 0.2) is 53.4 Å². The Bertz CT molecular complexity index is 807. The number of carbonyl (C=O) groups excluding carboxylic acids is 2. The number of rotatable bonds is 6. The number of methoxy groups -OCH3 is 1. The minimum absolute atomic E-state index is 0.00537. The molecule has 27 heavy (non-hydrogen) atoms. The highest BCUT2D eigenvalue weighted by Crippen LogP contribution is 2.38. The molecule has 2 aromatic carbocycles. The summed E-state index contributed by atoms with van der Waals surface area (Å²) < 4.78 is 5.12. The standard InChI is InChI=1S/C21H24N2O3S/c1-15-14-23(18-5-3-4-6-19(18)27-15)21(25)12-11-20(24)22-13-16-7-9-17(26-2)10-8-16/h3-10,15H,11-14H2,1-2H3,(H,22,24). The quantitative estimate of drug-likeness (QED) is 0.826. The van der Waals surface area contributed by atoms with Crippen molar-refractivity contribution >= 4 is 29.3 Å². The average molecular weight is 385 g/mol. The SMILES string of the molecule is COc1ccc(CNC(=O)CCC(=O)N2CC(C)Sc3ccccc32)cc1. The van der Waals surface area contributed by atoms with Crippen molar-refractivity contribution in [2.75, 3.05) is 18.6 Å². The van der Waals surface area contributed by atoms with E-state index in [0.717, 1.165) is 21.9 Å². The molecule has 2 aromatic rings. The predicted molar refractivity (Wildman–Crippen MR) is 108 cm³/mol. The lowest BCUT2D eigenvalue weighted by Gasteiger charge is -2.32. The van der Waals surface area contributed by atoms with E-state index in [1.807, 2.05) is 53.4 Å². The number of hydrogen-bond donors (Lipinski definition) is 1. The molecule has 0 aliphatic carbocycles. The number of fused-ring (bicyclic) bond motifs is 1. The number of nitrogens with zero attached hydrogens (tertiary/aromatic N) is 1. The van der Waals surface area contributed by atoms with Gasteiger partial charge >= 0.3 is 0 Å². The number of para-hydroxylation sites is 1. The minimum Gasteiger partial charge on any atom is -0.497 e. The van der Waals surface area contributed by atoms with Crippen LogP contribution in [0, 0.1) is 0 Å². The van der Waals surface area contributed by atoms with E-state index >= 15 is 0 Å². The highest BCUT2D eigenvalue weighted by molar-refractivity contribution is 8.00. The fourth-order valence-electron chi connectivity index (χ4n) is 3.01. The van der Waals surface area contributed by atoms with Gasteiger partial charge in [-0.15, -0.1) is 11.8 Å². The van der Waals surface area contributed by atoms with Crippen LogP contribution in [0.5, 0.6) is 5.75 Å². The molecule has 0 saturated carbocycles. The number of anilines is 1. The Kier molecular flexibility index (Phi) is 6.40. The monoisotopic (exact) mass is 384 g/mol. The molecule has 142 valence electrons. The Labute approximate surface area is 164 Å². The van der Waals surface area contributed by atoms with E-state index in [9.17, 15) is 9.59 Å². The summed E-state index contributed by atoms with van der Waals surface area (Å²) in [4.78, 5) is 27.7. The van der Waals surface area contributed by atoms with Gasteiger partial charge in [0.2, 0.25) is 11.8 Å². The summed E-state index contributed by atoms with van der Waals surface area (Å²) in [7, 11) is 1.62. The van der Waals surface area contributed by atoms with Crippen LogP contribution in [-0.4, -0.2) is 30.7 Å². The zero-order valence-corrected chi connectivity index (χ0v) is 16.4. The third-order valence-corrected chi connectivity index (χ3v) is 5.59. The number of amides is 2. The molecule has 1 aliphatic rings. The Balaban J connectivity index is 1.50. The number of ether oxygens (including phenoxy) is 1. The summed E-state index contributed by atoms with van der Waals surface area (Å²) in [5, 5.41) is 3.21. The third kappa shape index (κ3) is 5.04. The highest BCUT2D eigenvalue weighted by Gasteiger charge is 2.26. The summed E-state index contributed by atoms with van der Waals surface area (Å²) in [6.45, 7) is 3.23. The van der Waals surface area contributed by atoms with E-state index in [1.165, 1.54) is 0 Å². The summed E-state index contributed by atoms with van der Waals surface area (Å²) in [6, 6.07) is 15.5. The average Bonchev–Trinajstić information content (AvgIpc) is 2.70. The molecule has 0 spiro atoms. The van der Waals surface area contributed by atoms with Crippen molar-refractivity contribution in [1.82, 2.24) is 5.32 Å². The fraction of sp³-hybridized carbons (Fsp3) is 0.333. The molecule has 1 unspecified atom stereocenters. The molecule has 5 nitrogen and oxygen atoms in total. The van der Waals surface area contributed by atoms with Crippen molar-refractivity contribution in [3.63, 3.8) is 0 Å². The van der Waals surface area contributed by atoms with E-state index in [1.54, 1.807) is 18.9 Å². The van der Waals surface area contributed by atoms with Crippen LogP contribution in [0.3, 0.4) is 0 Å². The van der Waals surface area contributed by atoms with Crippen LogP contribution >= 0.6 is 11.8 Å². The Morgan fingerprint density at radius 2 is 1.89 bits per heavy atom. The molecule has 3 rings (SSSR count). The normalized spacial score (nSPS) is 15.8. The molecular formula is C21H24N2O3S. The zero-order valence-electron chi connectivity index (χ0n) is 15.6. The molecule has 1 N–H and O–H groups in total. The molecule has 2 amide bonds. The maximum absolute atomic E-state index is 12.7. The second-order valence-electron chi connectivity index (χ2n) is 6.53. The second kappa shape index (κ2) is 8.95. The van der Waals surface area contributed by atoms with Crippen LogP contribution in [0.2, 0.25) is 0 Å². The highest BCUT2D eigenvalue weighted by atomic mass is 32.2. The molecule has 0 fully saturated rings. The van der Waals surface area contributed by atoms with Crippen molar-refractivity contribution < 1.29 is 14.3 Å². The van der Waals surface area contributed by atoms with Gasteiger partial charge in [0.15, 0.2) is 0 Å². The van der Waals surface area contributed by atoms with Gasteiger partial charge in [0.05, 0.1) is 12.8 Å². The third-order valence-electron chi connectivity index (χ3n) is 4.44. The summed E-state index contributed by atoms with van der Waals surface area (Å²) in [5.41, 5.74) is 1.94. The van der Waals surface area contributed by atoms with Crippen LogP contribution in [-0.2, 0) is 16.1 Å². The lowest BCUT2D eigenvalue weighted by molar-refractivity contribution is -0.125. The van der Waals surface area contributed by atoms with Gasteiger partial charge in [0.1, 0.15) is 5.75 Å². The summed E-state index contributed by atoms with van der Waals surface area (Å²) >= 11 is 1.78. The molecule has 1 atom stereocenters. The van der Waals surface area contributed by atoms with Crippen molar-refractivity contribution in [3.05, 3.63) is 54.1 Å². The van der Waals surface area contributed by atoms with E-state index in [4.69, 9.17) is 4.74 Å². The molecular weight excluding hydrogens is 360 g/mol. The molecule has 0 radical (unpaired) electrons. The Morgan fingerprint density at radius 1 is 1.15 bits per heavy atom. The molecule has 1 heterocycles. The van der Waals surface area contributed by atoms with E-state index in [0.29, 0.717) is 18.3 Å². The van der Waals surface area contributed by atoms with Crippen molar-refractivity contribution in [2.24, 2.45) is 0 Å². The predicted octanol–water partition coefficient (Wildman–Crippen LogP) is 3.62. The zero-order chi connectivity index (χ0) is 19.2. The first-order valence-corrected chi connectivity index (χ1v) is 9.90. The van der Waals surface area contributed by atoms with E-state index < -0.39 is 0 Å². The number of nitrogens with one attached hydrogen (secondary N) is 1. The molecule has 1 aliphatic heterocycles. The van der Waals surface area contributed by atoms with E-state index in [-0.39, 0.29) is 24.7 Å². The maximum Gasteiger partial charge on any atom is 0.227 e. The largest absolute Gasteiger partial charge is 0.497 e. The van der Waals surface area contributed by atoms with Crippen LogP contribution in [0.25, 0.3) is 0 Å². The van der Waals surface area contributed by atoms with Crippen molar-refractivity contribution in [1.29, 1.82) is 0 Å². The number of benzene rings is 2. The second-order valence-corrected chi connectivity index (χ2v) is 8.01. The van der Waals surface area contributed by atoms with Gasteiger partial charge < -0.3 is 15.0 Å². The van der Waals surface area contributed by atoms with Gasteiger partial charge in [0, 0.05) is 36.1 Å². The number of hydrogen-bond acceptors (Lipinski definition) is 4. The number of thioether (sulfide) groups is 1. The first-order chi connectivity index (χ1) is 13.1. The smallest absolute Gasteiger partial charge is 0.227 e. The minimum atomic E-state index is -0.119. The van der Waals surface area contributed by atoms with Gasteiger partial charge in [-0.05, 0) is 29.8 Å². The van der Waals surface area contributed by atoms with Crippen LogP contribution in [0.1, 0.15) is 25.3 Å². The van der Waals surface area contributed by atoms with E-state index in [2.05, 4.69) is 12.2 Å². The summed E-state index contributed by atoms with van der Waals surface area (Å²) in [6.07, 6.45) is 0.398. The summed E-state index contributed by atoms with van der Waals surface area (Å²) in [5.74, 6) is 0.658. The van der Waals surface area contributed by atoms with Gasteiger partial charge in [-0.1, -0.05) is 31.2 Å². The van der Waals surface area contributed by atoms with Crippen molar-refractivity contribution in [2.45, 2.75) is 36.5 Å². The van der Waals surface area contributed by atoms with Gasteiger partial charge in [-0.25, -0.2) is 0 Å². The first kappa shape index (κ1) is 19.3. The topological polar surface area (TPSA) is 58.6 Å². The Hall–Kier alpha value is -2.47. The number of carbonyl (C=O) groups is 2. The molecule has 0 aromatic heterocycles. The van der Waals surface area contributed by atoms with Crippen molar-refractivity contribution in [3.8, 4) is 5.75 Å². The molecule has 0 bridgehead atoms. The van der Waals surface area contributed by atoms with Crippen LogP contribution in [0.4, 0.5) is 5.69 Å². The lowest BCUT2D eigenvalue weighted by Crippen LogP contribution is -2.39. The molecule has 0 saturated heterocycles. The van der Waals surface area contributed by atoms with Crippen LogP contribution < -0.4 is 15.0 Å². The lowest BCUT2D eigenvalue weighted by atomic mass is 10.2. The maximum atomic E-state index is 12.7. The van der Waals surface area contributed by atoms with Gasteiger partial charge in [-0.3, -0.25) is 9.59 Å². The van der Waals surface area contributed by atoms with Gasteiger partial charge in [-0.2, -0.15) is 0 Å². The first-order valence-electron chi connectivity index (χ1n) is 9.02.